The third-order valence-corrected chi connectivity index (χ3v) is 3.48. The fraction of sp³-hybridized carbons (Fsp3) is 0.462. The third kappa shape index (κ3) is 1.79. The summed E-state index contributed by atoms with van der Waals surface area (Å²) in [6.07, 6.45) is 1.33. The highest BCUT2D eigenvalue weighted by Gasteiger charge is 2.42. The van der Waals surface area contributed by atoms with E-state index in [2.05, 4.69) is 15.3 Å². The number of nitrogens with one attached hydrogen (secondary N) is 2. The van der Waals surface area contributed by atoms with Gasteiger partial charge in [0.1, 0.15) is 5.82 Å². The van der Waals surface area contributed by atoms with Gasteiger partial charge in [-0.15, -0.1) is 0 Å². The molecule has 1 aromatic heterocycles. The number of aromatic nitrogens is 2. The predicted molar refractivity (Wildman–Crippen MR) is 65.7 cm³/mol. The Kier molecular flexibility index (Phi) is 2.59. The fourth-order valence-corrected chi connectivity index (χ4v) is 2.54. The molecule has 0 amide bonds. The molecule has 1 atom stereocenters. The van der Waals surface area contributed by atoms with Crippen molar-refractivity contribution in [1.82, 2.24) is 15.3 Å². The molecular weight excluding hydrogens is 236 g/mol. The molecule has 96 valence electrons. The summed E-state index contributed by atoms with van der Waals surface area (Å²) < 4.78 is 28.6. The molecule has 0 spiro atoms. The SMILES string of the molecule is Cc1nc2ccc(C(F)(F)C3CCCN3)cc2[nH]1. The number of rotatable bonds is 2. The van der Waals surface area contributed by atoms with Gasteiger partial charge in [-0.25, -0.2) is 4.98 Å². The van der Waals surface area contributed by atoms with Gasteiger partial charge in [0.15, 0.2) is 0 Å². The molecule has 1 saturated heterocycles. The average Bonchev–Trinajstić information content (AvgIpc) is 2.95. The Bertz CT molecular complexity index is 571. The molecule has 0 saturated carbocycles. The van der Waals surface area contributed by atoms with Gasteiger partial charge < -0.3 is 10.3 Å². The van der Waals surface area contributed by atoms with Crippen molar-refractivity contribution in [2.75, 3.05) is 6.54 Å². The third-order valence-electron chi connectivity index (χ3n) is 3.48. The van der Waals surface area contributed by atoms with Gasteiger partial charge in [-0.05, 0) is 38.4 Å². The molecule has 1 unspecified atom stereocenters. The summed E-state index contributed by atoms with van der Waals surface area (Å²) in [5.74, 6) is -2.09. The van der Waals surface area contributed by atoms with Crippen LogP contribution in [-0.4, -0.2) is 22.6 Å². The van der Waals surface area contributed by atoms with Crippen LogP contribution in [0.5, 0.6) is 0 Å². The topological polar surface area (TPSA) is 40.7 Å². The first kappa shape index (κ1) is 11.6. The Balaban J connectivity index is 2.01. The van der Waals surface area contributed by atoms with Gasteiger partial charge in [0.2, 0.25) is 0 Å². The van der Waals surface area contributed by atoms with Crippen molar-refractivity contribution in [3.8, 4) is 0 Å². The average molecular weight is 251 g/mol. The molecule has 2 aromatic rings. The molecule has 3 rings (SSSR count). The summed E-state index contributed by atoms with van der Waals surface area (Å²) in [4.78, 5) is 7.21. The zero-order valence-electron chi connectivity index (χ0n) is 10.1. The quantitative estimate of drug-likeness (QED) is 0.861. The smallest absolute Gasteiger partial charge is 0.288 e. The molecule has 0 radical (unpaired) electrons. The number of hydrogen-bond donors (Lipinski definition) is 2. The number of benzene rings is 1. The molecule has 1 aliphatic heterocycles. The van der Waals surface area contributed by atoms with E-state index in [1.165, 1.54) is 12.1 Å². The zero-order chi connectivity index (χ0) is 12.8. The molecule has 2 heterocycles. The number of aromatic amines is 1. The molecule has 2 N–H and O–H groups in total. The number of alkyl halides is 2. The lowest BCUT2D eigenvalue weighted by atomic mass is 9.99. The molecule has 1 fully saturated rings. The minimum atomic E-state index is -2.83. The van der Waals surface area contributed by atoms with Crippen molar-refractivity contribution < 1.29 is 8.78 Å². The maximum atomic E-state index is 14.3. The maximum absolute atomic E-state index is 14.3. The van der Waals surface area contributed by atoms with E-state index in [4.69, 9.17) is 0 Å². The molecule has 0 aliphatic carbocycles. The van der Waals surface area contributed by atoms with Crippen molar-refractivity contribution in [1.29, 1.82) is 0 Å². The second kappa shape index (κ2) is 4.02. The molecule has 18 heavy (non-hydrogen) atoms. The van der Waals surface area contributed by atoms with Crippen molar-refractivity contribution in [2.24, 2.45) is 0 Å². The Hall–Kier alpha value is -1.49. The highest BCUT2D eigenvalue weighted by Crippen LogP contribution is 2.36. The van der Waals surface area contributed by atoms with E-state index < -0.39 is 12.0 Å². The Morgan fingerprint density at radius 3 is 2.94 bits per heavy atom. The number of aryl methyl sites for hydroxylation is 1. The minimum Gasteiger partial charge on any atom is -0.342 e. The molecule has 0 bridgehead atoms. The molecule has 3 nitrogen and oxygen atoms in total. The van der Waals surface area contributed by atoms with Crippen LogP contribution >= 0.6 is 0 Å². The lowest BCUT2D eigenvalue weighted by molar-refractivity contribution is -0.0375. The van der Waals surface area contributed by atoms with Crippen LogP contribution in [0.2, 0.25) is 0 Å². The summed E-state index contributed by atoms with van der Waals surface area (Å²) in [6.45, 7) is 2.49. The van der Waals surface area contributed by atoms with Crippen LogP contribution < -0.4 is 5.32 Å². The first-order valence-corrected chi connectivity index (χ1v) is 6.15. The number of imidazole rings is 1. The van der Waals surface area contributed by atoms with Gasteiger partial charge in [0, 0.05) is 5.56 Å². The van der Waals surface area contributed by atoms with Crippen LogP contribution in [0.25, 0.3) is 11.0 Å². The van der Waals surface area contributed by atoms with E-state index in [0.29, 0.717) is 18.5 Å². The van der Waals surface area contributed by atoms with Gasteiger partial charge in [-0.3, -0.25) is 0 Å². The first-order chi connectivity index (χ1) is 8.57. The Morgan fingerprint density at radius 2 is 2.22 bits per heavy atom. The normalized spacial score (nSPS) is 20.7. The van der Waals surface area contributed by atoms with Crippen LogP contribution in [-0.2, 0) is 5.92 Å². The summed E-state index contributed by atoms with van der Waals surface area (Å²) in [5, 5.41) is 2.87. The lowest BCUT2D eigenvalue weighted by Gasteiger charge is -2.23. The van der Waals surface area contributed by atoms with E-state index in [1.807, 2.05) is 6.92 Å². The van der Waals surface area contributed by atoms with E-state index in [1.54, 1.807) is 6.07 Å². The summed E-state index contributed by atoms with van der Waals surface area (Å²) >= 11 is 0. The highest BCUT2D eigenvalue weighted by molar-refractivity contribution is 5.76. The van der Waals surface area contributed by atoms with Gasteiger partial charge >= 0.3 is 0 Å². The Labute approximate surface area is 104 Å². The second-order valence-electron chi connectivity index (χ2n) is 4.83. The van der Waals surface area contributed by atoms with Crippen molar-refractivity contribution in [2.45, 2.75) is 31.7 Å². The predicted octanol–water partition coefficient (Wildman–Crippen LogP) is 2.72. The molecular formula is C13H15F2N3. The first-order valence-electron chi connectivity index (χ1n) is 6.15. The van der Waals surface area contributed by atoms with E-state index in [0.717, 1.165) is 17.8 Å². The minimum absolute atomic E-state index is 0.0538. The Morgan fingerprint density at radius 1 is 1.39 bits per heavy atom. The number of H-pyrrole nitrogens is 1. The van der Waals surface area contributed by atoms with Crippen LogP contribution in [0.15, 0.2) is 18.2 Å². The van der Waals surface area contributed by atoms with Crippen molar-refractivity contribution in [3.05, 3.63) is 29.6 Å². The molecule has 1 aromatic carbocycles. The van der Waals surface area contributed by atoms with Gasteiger partial charge in [-0.1, -0.05) is 6.07 Å². The zero-order valence-corrected chi connectivity index (χ0v) is 10.1. The van der Waals surface area contributed by atoms with Crippen LogP contribution in [0.3, 0.4) is 0 Å². The van der Waals surface area contributed by atoms with Crippen LogP contribution in [0.4, 0.5) is 8.78 Å². The van der Waals surface area contributed by atoms with E-state index >= 15 is 0 Å². The number of nitrogens with zero attached hydrogens (tertiary/aromatic N) is 1. The largest absolute Gasteiger partial charge is 0.342 e. The van der Waals surface area contributed by atoms with Crippen molar-refractivity contribution in [3.63, 3.8) is 0 Å². The highest BCUT2D eigenvalue weighted by atomic mass is 19.3. The standard InChI is InChI=1S/C13H15F2N3/c1-8-17-10-5-4-9(7-11(10)18-8)13(14,15)12-3-2-6-16-12/h4-5,7,12,16H,2-3,6H2,1H3,(H,17,18). The molecule has 5 heteroatoms. The van der Waals surface area contributed by atoms with Crippen LogP contribution in [0, 0.1) is 6.92 Å². The summed E-state index contributed by atoms with van der Waals surface area (Å²) in [7, 11) is 0. The summed E-state index contributed by atoms with van der Waals surface area (Å²) in [5.41, 5.74) is 1.45. The van der Waals surface area contributed by atoms with Crippen molar-refractivity contribution >= 4 is 11.0 Å². The summed E-state index contributed by atoms with van der Waals surface area (Å²) in [6, 6.07) is 3.88. The van der Waals surface area contributed by atoms with Gasteiger partial charge in [0.25, 0.3) is 5.92 Å². The molecule has 1 aliphatic rings. The lowest BCUT2D eigenvalue weighted by Crippen LogP contribution is -2.38. The monoisotopic (exact) mass is 251 g/mol. The van der Waals surface area contributed by atoms with E-state index in [9.17, 15) is 8.78 Å². The van der Waals surface area contributed by atoms with E-state index in [-0.39, 0.29) is 5.56 Å². The fourth-order valence-electron chi connectivity index (χ4n) is 2.54. The van der Waals surface area contributed by atoms with Gasteiger partial charge in [-0.2, -0.15) is 8.78 Å². The number of hydrogen-bond acceptors (Lipinski definition) is 2. The van der Waals surface area contributed by atoms with Crippen LogP contribution in [0.1, 0.15) is 24.2 Å². The van der Waals surface area contributed by atoms with Gasteiger partial charge in [0.05, 0.1) is 17.1 Å². The second-order valence-corrected chi connectivity index (χ2v) is 4.83. The maximum Gasteiger partial charge on any atom is 0.288 e. The number of fused-ring (bicyclic) bond motifs is 1. The number of halogens is 2.